The third kappa shape index (κ3) is 3.13. The van der Waals surface area contributed by atoms with Gasteiger partial charge in [-0.05, 0) is 53.6 Å². The van der Waals surface area contributed by atoms with E-state index in [0.717, 1.165) is 19.6 Å². The number of hydrogen-bond acceptors (Lipinski definition) is 3. The molecule has 2 heterocycles. The van der Waals surface area contributed by atoms with Crippen molar-refractivity contribution in [3.05, 3.63) is 20.8 Å². The van der Waals surface area contributed by atoms with E-state index in [1.54, 1.807) is 0 Å². The molecule has 2 nitrogen and oxygen atoms in total. The molecule has 0 bridgehead atoms. The van der Waals surface area contributed by atoms with Crippen LogP contribution in [0.4, 0.5) is 0 Å². The number of nitrogens with one attached hydrogen (secondary N) is 1. The normalized spacial score (nSPS) is 26.9. The first kappa shape index (κ1) is 16.5. The van der Waals surface area contributed by atoms with E-state index in [0.29, 0.717) is 5.54 Å². The summed E-state index contributed by atoms with van der Waals surface area (Å²) in [6.45, 7) is 12.6. The molecule has 0 radical (unpaired) electrons. The minimum Gasteiger partial charge on any atom is -0.308 e. The smallest absolute Gasteiger partial charge is 0.0346 e. The first-order valence-electron chi connectivity index (χ1n) is 7.70. The fourth-order valence-corrected chi connectivity index (χ4v) is 4.52. The van der Waals surface area contributed by atoms with Gasteiger partial charge in [-0.1, -0.05) is 20.8 Å². The third-order valence-corrected chi connectivity index (χ3v) is 7.15. The first-order valence-corrected chi connectivity index (χ1v) is 9.38. The van der Waals surface area contributed by atoms with Gasteiger partial charge in [0.25, 0.3) is 0 Å². The number of halogens is 1. The molecule has 1 fully saturated rings. The lowest BCUT2D eigenvalue weighted by Crippen LogP contribution is -2.68. The maximum absolute atomic E-state index is 3.85. The lowest BCUT2D eigenvalue weighted by Gasteiger charge is -2.53. The molecule has 1 N–H and O–H groups in total. The Kier molecular flexibility index (Phi) is 5.33. The Morgan fingerprint density at radius 1 is 1.30 bits per heavy atom. The molecule has 4 heteroatoms. The number of thiophene rings is 1. The monoisotopic (exact) mass is 358 g/mol. The van der Waals surface area contributed by atoms with Crippen molar-refractivity contribution in [2.45, 2.75) is 64.6 Å². The molecular formula is C16H27BrN2S. The van der Waals surface area contributed by atoms with Crippen LogP contribution in [0.15, 0.2) is 15.9 Å². The first-order chi connectivity index (χ1) is 9.48. The highest BCUT2D eigenvalue weighted by molar-refractivity contribution is 9.10. The molecule has 20 heavy (non-hydrogen) atoms. The highest BCUT2D eigenvalue weighted by atomic mass is 79.9. The molecular weight excluding hydrogens is 332 g/mol. The Morgan fingerprint density at radius 3 is 2.50 bits per heavy atom. The van der Waals surface area contributed by atoms with E-state index in [1.165, 1.54) is 28.6 Å². The highest BCUT2D eigenvalue weighted by Crippen LogP contribution is 2.34. The standard InChI is InChI=1S/C16H27BrN2S/c1-5-15(4)11-18-16(6-2,7-3)12-19(15)10-14-13(17)8-9-20-14/h8-9,18H,5-7,10-12H2,1-4H3. The van der Waals surface area contributed by atoms with E-state index in [4.69, 9.17) is 0 Å². The molecule has 1 atom stereocenters. The van der Waals surface area contributed by atoms with Gasteiger partial charge < -0.3 is 5.32 Å². The van der Waals surface area contributed by atoms with E-state index in [1.807, 2.05) is 11.3 Å². The second kappa shape index (κ2) is 6.47. The van der Waals surface area contributed by atoms with E-state index < -0.39 is 0 Å². The molecule has 114 valence electrons. The van der Waals surface area contributed by atoms with Gasteiger partial charge in [0.05, 0.1) is 0 Å². The average molecular weight is 359 g/mol. The van der Waals surface area contributed by atoms with Gasteiger partial charge in [0.1, 0.15) is 0 Å². The topological polar surface area (TPSA) is 15.3 Å². The summed E-state index contributed by atoms with van der Waals surface area (Å²) in [5, 5.41) is 6.03. The summed E-state index contributed by atoms with van der Waals surface area (Å²) in [5.41, 5.74) is 0.551. The largest absolute Gasteiger partial charge is 0.308 e. The highest BCUT2D eigenvalue weighted by Gasteiger charge is 2.42. The maximum atomic E-state index is 3.85. The van der Waals surface area contributed by atoms with Crippen LogP contribution in [0.3, 0.4) is 0 Å². The summed E-state index contributed by atoms with van der Waals surface area (Å²) >= 11 is 5.54. The zero-order valence-electron chi connectivity index (χ0n) is 13.1. The van der Waals surface area contributed by atoms with Crippen LogP contribution in [0.2, 0.25) is 0 Å². The summed E-state index contributed by atoms with van der Waals surface area (Å²) in [6, 6.07) is 2.17. The van der Waals surface area contributed by atoms with Crippen molar-refractivity contribution in [2.75, 3.05) is 13.1 Å². The average Bonchev–Trinajstić information content (AvgIpc) is 2.87. The van der Waals surface area contributed by atoms with Crippen molar-refractivity contribution in [2.24, 2.45) is 0 Å². The van der Waals surface area contributed by atoms with Gasteiger partial charge in [0, 0.05) is 40.1 Å². The predicted molar refractivity (Wildman–Crippen MR) is 92.4 cm³/mol. The number of hydrogen-bond donors (Lipinski definition) is 1. The molecule has 0 amide bonds. The van der Waals surface area contributed by atoms with Crippen molar-refractivity contribution >= 4 is 27.3 Å². The Morgan fingerprint density at radius 2 is 2.00 bits per heavy atom. The zero-order valence-corrected chi connectivity index (χ0v) is 15.5. The number of nitrogens with zero attached hydrogens (tertiary/aromatic N) is 1. The second-order valence-electron chi connectivity index (χ2n) is 6.24. The van der Waals surface area contributed by atoms with Crippen LogP contribution in [0.5, 0.6) is 0 Å². The Hall–Kier alpha value is 0.1000. The van der Waals surface area contributed by atoms with Crippen molar-refractivity contribution in [1.82, 2.24) is 10.2 Å². The molecule has 1 aromatic rings. The van der Waals surface area contributed by atoms with Crippen LogP contribution in [0.1, 0.15) is 51.8 Å². The quantitative estimate of drug-likeness (QED) is 0.824. The SMILES string of the molecule is CCC1(CC)CN(Cc2sccc2Br)C(C)(CC)CN1. The van der Waals surface area contributed by atoms with Crippen molar-refractivity contribution in [1.29, 1.82) is 0 Å². The van der Waals surface area contributed by atoms with Crippen molar-refractivity contribution in [3.8, 4) is 0 Å². The van der Waals surface area contributed by atoms with Crippen LogP contribution in [0.25, 0.3) is 0 Å². The van der Waals surface area contributed by atoms with E-state index in [-0.39, 0.29) is 5.54 Å². The second-order valence-corrected chi connectivity index (χ2v) is 8.09. The van der Waals surface area contributed by atoms with E-state index >= 15 is 0 Å². The van der Waals surface area contributed by atoms with Crippen LogP contribution in [-0.4, -0.2) is 29.1 Å². The fraction of sp³-hybridized carbons (Fsp3) is 0.750. The van der Waals surface area contributed by atoms with E-state index in [9.17, 15) is 0 Å². The van der Waals surface area contributed by atoms with Gasteiger partial charge in [-0.25, -0.2) is 0 Å². The summed E-state index contributed by atoms with van der Waals surface area (Å²) in [5.74, 6) is 0. The van der Waals surface area contributed by atoms with Gasteiger partial charge in [0.15, 0.2) is 0 Å². The Balaban J connectivity index is 2.22. The predicted octanol–water partition coefficient (Wildman–Crippen LogP) is 4.64. The fourth-order valence-electron chi connectivity index (χ4n) is 3.03. The summed E-state index contributed by atoms with van der Waals surface area (Å²) < 4.78 is 1.26. The van der Waals surface area contributed by atoms with Gasteiger partial charge in [-0.3, -0.25) is 4.90 Å². The summed E-state index contributed by atoms with van der Waals surface area (Å²) in [4.78, 5) is 4.15. The molecule has 1 unspecified atom stereocenters. The summed E-state index contributed by atoms with van der Waals surface area (Å²) in [7, 11) is 0. The molecule has 1 saturated heterocycles. The van der Waals surface area contributed by atoms with Crippen molar-refractivity contribution < 1.29 is 0 Å². The molecule has 1 aliphatic rings. The molecule has 1 aromatic heterocycles. The minimum absolute atomic E-state index is 0.261. The van der Waals surface area contributed by atoms with Crippen LogP contribution in [-0.2, 0) is 6.54 Å². The number of piperazine rings is 1. The van der Waals surface area contributed by atoms with Gasteiger partial charge in [-0.15, -0.1) is 11.3 Å². The van der Waals surface area contributed by atoms with Gasteiger partial charge in [-0.2, -0.15) is 0 Å². The Bertz CT molecular complexity index is 441. The molecule has 0 aliphatic carbocycles. The van der Waals surface area contributed by atoms with Crippen molar-refractivity contribution in [3.63, 3.8) is 0 Å². The zero-order chi connectivity index (χ0) is 14.8. The number of rotatable bonds is 5. The maximum Gasteiger partial charge on any atom is 0.0346 e. The lowest BCUT2D eigenvalue weighted by atomic mass is 9.83. The Labute approximate surface area is 136 Å². The summed E-state index contributed by atoms with van der Waals surface area (Å²) in [6.07, 6.45) is 3.59. The molecule has 0 aromatic carbocycles. The molecule has 2 rings (SSSR count). The lowest BCUT2D eigenvalue weighted by molar-refractivity contribution is 0.00335. The van der Waals surface area contributed by atoms with Gasteiger partial charge >= 0.3 is 0 Å². The van der Waals surface area contributed by atoms with Crippen LogP contribution in [0, 0.1) is 0 Å². The molecule has 0 spiro atoms. The third-order valence-electron chi connectivity index (χ3n) is 5.24. The molecule has 1 aliphatic heterocycles. The molecule has 0 saturated carbocycles. The minimum atomic E-state index is 0.261. The van der Waals surface area contributed by atoms with Gasteiger partial charge in [0.2, 0.25) is 0 Å². The van der Waals surface area contributed by atoms with E-state index in [2.05, 4.69) is 65.3 Å². The van der Waals surface area contributed by atoms with Crippen LogP contribution >= 0.6 is 27.3 Å². The van der Waals surface area contributed by atoms with Crippen LogP contribution < -0.4 is 5.32 Å².